The van der Waals surface area contributed by atoms with Gasteiger partial charge in [0.2, 0.25) is 0 Å². The van der Waals surface area contributed by atoms with E-state index in [1.807, 2.05) is 127 Å². The van der Waals surface area contributed by atoms with Crippen LogP contribution in [0.5, 0.6) is 0 Å². The number of hydrogen-bond donors (Lipinski definition) is 1. The molecule has 0 spiro atoms. The minimum absolute atomic E-state index is 0.169. The van der Waals surface area contributed by atoms with E-state index in [9.17, 15) is 5.11 Å². The Bertz CT molecular complexity index is 1620. The topological polar surface area (TPSA) is 66.4 Å². The van der Waals surface area contributed by atoms with Crippen molar-refractivity contribution in [2.75, 3.05) is 6.61 Å². The Kier molecular flexibility index (Phi) is 12.2. The van der Waals surface area contributed by atoms with Gasteiger partial charge >= 0.3 is 0 Å². The number of benzene rings is 4. The highest BCUT2D eigenvalue weighted by Crippen LogP contribution is 2.43. The Morgan fingerprint density at radius 2 is 1.04 bits per heavy atom. The number of aliphatic hydroxyl groups is 1. The van der Waals surface area contributed by atoms with E-state index < -0.39 is 30.5 Å². The molecular weight excluding hydrogens is 632 g/mol. The summed E-state index contributed by atoms with van der Waals surface area (Å²) in [5, 5.41) is 9.99. The summed E-state index contributed by atoms with van der Waals surface area (Å²) >= 11 is 7.96. The summed E-state index contributed by atoms with van der Waals surface area (Å²) in [4.78, 5) is 0.847. The van der Waals surface area contributed by atoms with Crippen LogP contribution in [0, 0.1) is 0 Å². The van der Waals surface area contributed by atoms with E-state index in [4.69, 9.17) is 35.3 Å². The van der Waals surface area contributed by atoms with Crippen LogP contribution >= 0.6 is 22.9 Å². The van der Waals surface area contributed by atoms with Crippen LogP contribution in [0.25, 0.3) is 0 Å². The lowest BCUT2D eigenvalue weighted by molar-refractivity contribution is -0.274. The molecule has 1 aromatic heterocycles. The van der Waals surface area contributed by atoms with E-state index >= 15 is 0 Å². The molecule has 2 heterocycles. The second-order valence-electron chi connectivity index (χ2n) is 11.5. The molecular formula is C39H39ClO6S. The Hall–Kier alpha value is -3.37. The summed E-state index contributed by atoms with van der Waals surface area (Å²) in [7, 11) is 0. The minimum Gasteiger partial charge on any atom is -0.392 e. The summed E-state index contributed by atoms with van der Waals surface area (Å²) in [6, 6.07) is 42.2. The molecule has 1 fully saturated rings. The highest BCUT2D eigenvalue weighted by atomic mass is 35.5. The van der Waals surface area contributed by atoms with Gasteiger partial charge in [-0.1, -0.05) is 133 Å². The first-order chi connectivity index (χ1) is 23.2. The fourth-order valence-corrected chi connectivity index (χ4v) is 7.04. The van der Waals surface area contributed by atoms with Crippen molar-refractivity contribution in [2.24, 2.45) is 0 Å². The van der Waals surface area contributed by atoms with Crippen molar-refractivity contribution in [3.05, 3.63) is 164 Å². The molecule has 47 heavy (non-hydrogen) atoms. The largest absolute Gasteiger partial charge is 0.392 e. The fraction of sp³-hybridized carbons (Fsp3) is 0.282. The van der Waals surface area contributed by atoms with E-state index in [2.05, 4.69) is 0 Å². The third kappa shape index (κ3) is 9.16. The maximum atomic E-state index is 9.99. The van der Waals surface area contributed by atoms with Crippen LogP contribution < -0.4 is 0 Å². The molecule has 244 valence electrons. The van der Waals surface area contributed by atoms with Crippen molar-refractivity contribution < 1.29 is 28.8 Å². The number of halogens is 1. The predicted molar refractivity (Wildman–Crippen MR) is 184 cm³/mol. The average Bonchev–Trinajstić information content (AvgIpc) is 3.51. The molecule has 0 bridgehead atoms. The monoisotopic (exact) mass is 670 g/mol. The van der Waals surface area contributed by atoms with Gasteiger partial charge in [0.05, 0.1) is 44.0 Å². The summed E-state index contributed by atoms with van der Waals surface area (Å²) in [6.07, 6.45) is -2.68. The molecule has 4 aromatic carbocycles. The lowest BCUT2D eigenvalue weighted by atomic mass is 9.93. The van der Waals surface area contributed by atoms with Crippen LogP contribution in [0.15, 0.2) is 127 Å². The van der Waals surface area contributed by atoms with Crippen LogP contribution in [-0.2, 0) is 56.7 Å². The third-order valence-corrected chi connectivity index (χ3v) is 9.61. The van der Waals surface area contributed by atoms with Crippen molar-refractivity contribution in [2.45, 2.75) is 63.6 Å². The molecule has 5 atom stereocenters. The Balaban J connectivity index is 1.35. The van der Waals surface area contributed by atoms with Gasteiger partial charge in [0.15, 0.2) is 0 Å². The Labute approximate surface area is 285 Å². The van der Waals surface area contributed by atoms with E-state index in [1.165, 1.54) is 11.3 Å². The van der Waals surface area contributed by atoms with Crippen LogP contribution in [0.2, 0.25) is 4.34 Å². The molecule has 0 amide bonds. The Morgan fingerprint density at radius 1 is 0.596 bits per heavy atom. The number of thiophene rings is 1. The van der Waals surface area contributed by atoms with Gasteiger partial charge in [-0.2, -0.15) is 0 Å². The molecule has 8 heteroatoms. The fourth-order valence-electron chi connectivity index (χ4n) is 5.69. The van der Waals surface area contributed by atoms with E-state index in [-0.39, 0.29) is 13.2 Å². The summed E-state index contributed by atoms with van der Waals surface area (Å²) < 4.78 is 34.0. The standard InChI is InChI=1S/C39H39ClO6S/c40-39-32(22-41)21-34(47-39)36-38(45-26-31-19-11-4-12-20-31)37(44-25-30-17-9-3-10-18-30)35(43-24-29-15-7-2-8-16-29)33(46-36)27-42-23-28-13-5-1-6-14-28/h1-21,33,35-38,41H,22-27H2/t33-,35-,36+,37+,38+/m1/s1. The third-order valence-electron chi connectivity index (χ3n) is 8.11. The molecule has 0 saturated carbocycles. The number of ether oxygens (including phenoxy) is 5. The summed E-state index contributed by atoms with van der Waals surface area (Å²) in [5.41, 5.74) is 4.83. The van der Waals surface area contributed by atoms with Gasteiger partial charge in [0, 0.05) is 10.4 Å². The van der Waals surface area contributed by atoms with Gasteiger partial charge in [-0.05, 0) is 28.3 Å². The molecule has 0 aliphatic carbocycles. The molecule has 1 saturated heterocycles. The van der Waals surface area contributed by atoms with Crippen LogP contribution in [-0.4, -0.2) is 36.1 Å². The van der Waals surface area contributed by atoms with Gasteiger partial charge in [-0.3, -0.25) is 0 Å². The van der Waals surface area contributed by atoms with Crippen LogP contribution in [0.4, 0.5) is 0 Å². The minimum atomic E-state index is -0.564. The van der Waals surface area contributed by atoms with Gasteiger partial charge in [0.25, 0.3) is 0 Å². The normalized spacial score (nSPS) is 21.1. The van der Waals surface area contributed by atoms with Gasteiger partial charge in [-0.15, -0.1) is 11.3 Å². The second-order valence-corrected chi connectivity index (χ2v) is 13.2. The smallest absolute Gasteiger partial charge is 0.121 e. The van der Waals surface area contributed by atoms with E-state index in [1.54, 1.807) is 0 Å². The molecule has 6 nitrogen and oxygen atoms in total. The lowest BCUT2D eigenvalue weighted by Gasteiger charge is -2.46. The number of hydrogen-bond acceptors (Lipinski definition) is 7. The zero-order valence-electron chi connectivity index (χ0n) is 26.0. The molecule has 6 rings (SSSR count). The quantitative estimate of drug-likeness (QED) is 0.121. The van der Waals surface area contributed by atoms with Crippen molar-refractivity contribution >= 4 is 22.9 Å². The summed E-state index contributed by atoms with van der Waals surface area (Å²) in [6.45, 7) is 1.61. The first-order valence-electron chi connectivity index (χ1n) is 15.8. The number of rotatable bonds is 15. The Morgan fingerprint density at radius 3 is 1.51 bits per heavy atom. The highest BCUT2D eigenvalue weighted by molar-refractivity contribution is 7.16. The lowest BCUT2D eigenvalue weighted by Crippen LogP contribution is -2.58. The van der Waals surface area contributed by atoms with E-state index in [0.717, 1.165) is 27.1 Å². The first-order valence-corrected chi connectivity index (χ1v) is 17.0. The van der Waals surface area contributed by atoms with Crippen molar-refractivity contribution in [1.29, 1.82) is 0 Å². The first kappa shape index (κ1) is 33.5. The zero-order valence-corrected chi connectivity index (χ0v) is 27.6. The maximum Gasteiger partial charge on any atom is 0.121 e. The summed E-state index contributed by atoms with van der Waals surface area (Å²) in [5.74, 6) is 0. The van der Waals surface area contributed by atoms with Crippen molar-refractivity contribution in [3.8, 4) is 0 Å². The molecule has 1 aliphatic heterocycles. The number of aliphatic hydroxyl groups excluding tert-OH is 1. The molecule has 0 unspecified atom stereocenters. The van der Waals surface area contributed by atoms with Crippen molar-refractivity contribution in [1.82, 2.24) is 0 Å². The average molecular weight is 671 g/mol. The van der Waals surface area contributed by atoms with Gasteiger partial charge in [0.1, 0.15) is 30.5 Å². The predicted octanol–water partition coefficient (Wildman–Crippen LogP) is 8.31. The van der Waals surface area contributed by atoms with Crippen LogP contribution in [0.1, 0.15) is 38.8 Å². The van der Waals surface area contributed by atoms with E-state index in [0.29, 0.717) is 36.3 Å². The SMILES string of the molecule is OCc1cc([C@@H]2O[C@H](COCc3ccccc3)[C@@H](OCc3ccccc3)[C@H](OCc3ccccc3)[C@H]2OCc2ccccc2)sc1Cl. The second kappa shape index (κ2) is 17.2. The van der Waals surface area contributed by atoms with Gasteiger partial charge < -0.3 is 28.8 Å². The molecule has 1 N–H and O–H groups in total. The van der Waals surface area contributed by atoms with Gasteiger partial charge in [-0.25, -0.2) is 0 Å². The van der Waals surface area contributed by atoms with Crippen LogP contribution in [0.3, 0.4) is 0 Å². The molecule has 0 radical (unpaired) electrons. The van der Waals surface area contributed by atoms with Crippen molar-refractivity contribution in [3.63, 3.8) is 0 Å². The highest BCUT2D eigenvalue weighted by Gasteiger charge is 2.49. The molecule has 1 aliphatic rings. The zero-order chi connectivity index (χ0) is 32.3. The molecule has 5 aromatic rings. The maximum absolute atomic E-state index is 9.99.